The zero-order chi connectivity index (χ0) is 17.7. The molecule has 0 saturated heterocycles. The minimum atomic E-state index is -0.0927. The van der Waals surface area contributed by atoms with Crippen LogP contribution in [0.2, 0.25) is 5.02 Å². The molecule has 1 heterocycles. The molecule has 0 unspecified atom stereocenters. The maximum absolute atomic E-state index is 11.9. The minimum absolute atomic E-state index is 0.0927. The van der Waals surface area contributed by atoms with Crippen molar-refractivity contribution in [3.63, 3.8) is 0 Å². The Morgan fingerprint density at radius 3 is 2.88 bits per heavy atom. The first-order chi connectivity index (χ1) is 11.4. The van der Waals surface area contributed by atoms with Crippen LogP contribution in [0.4, 0.5) is 5.13 Å². The Morgan fingerprint density at radius 2 is 2.21 bits per heavy atom. The number of aromatic nitrogens is 2. The summed E-state index contributed by atoms with van der Waals surface area (Å²) in [4.78, 5) is 11.9. The first kappa shape index (κ1) is 19.5. The zero-order valence-electron chi connectivity index (χ0n) is 13.5. The summed E-state index contributed by atoms with van der Waals surface area (Å²) < 4.78 is 7.44. The molecule has 9 heteroatoms. The first-order valence-electron chi connectivity index (χ1n) is 7.17. The molecule has 0 aliphatic rings. The second-order valence-electron chi connectivity index (χ2n) is 5.02. The number of amides is 1. The molecule has 0 radical (unpaired) electrons. The van der Waals surface area contributed by atoms with Crippen LogP contribution in [0.3, 0.4) is 0 Å². The fourth-order valence-corrected chi connectivity index (χ4v) is 3.82. The van der Waals surface area contributed by atoms with Crippen molar-refractivity contribution in [1.29, 1.82) is 0 Å². The molecule has 130 valence electrons. The fourth-order valence-electron chi connectivity index (χ4n) is 1.94. The summed E-state index contributed by atoms with van der Waals surface area (Å²) in [5.74, 6) is 0.647. The van der Waals surface area contributed by atoms with Gasteiger partial charge in [-0.2, -0.15) is 0 Å². The maximum atomic E-state index is 11.9. The predicted molar refractivity (Wildman–Crippen MR) is 104 cm³/mol. The molecule has 1 amide bonds. The van der Waals surface area contributed by atoms with E-state index in [1.165, 1.54) is 23.1 Å². The van der Waals surface area contributed by atoms with Gasteiger partial charge in [0.25, 0.3) is 0 Å². The third-order valence-electron chi connectivity index (χ3n) is 3.20. The standard InChI is InChI=1S/C15H17BrClN3O2S2/c1-8-7-10(12(16)9(2)13(8)17)22-6-4-5-11(21)18-14-19-20-15(23-3)24-14/h7H,4-6H2,1-3H3,(H,18,19,21). The number of carbonyl (C=O) groups is 1. The van der Waals surface area contributed by atoms with E-state index in [4.69, 9.17) is 16.3 Å². The Hall–Kier alpha value is -0.830. The number of nitrogens with one attached hydrogen (secondary N) is 1. The van der Waals surface area contributed by atoms with Gasteiger partial charge in [-0.1, -0.05) is 34.7 Å². The molecular formula is C15H17BrClN3O2S2. The topological polar surface area (TPSA) is 64.1 Å². The number of hydrogen-bond acceptors (Lipinski definition) is 6. The van der Waals surface area contributed by atoms with Crippen LogP contribution in [0, 0.1) is 13.8 Å². The number of rotatable bonds is 7. The van der Waals surface area contributed by atoms with Gasteiger partial charge in [0, 0.05) is 11.4 Å². The van der Waals surface area contributed by atoms with Crippen molar-refractivity contribution in [1.82, 2.24) is 10.2 Å². The van der Waals surface area contributed by atoms with E-state index in [9.17, 15) is 4.79 Å². The van der Waals surface area contributed by atoms with Crippen LogP contribution in [0.1, 0.15) is 24.0 Å². The van der Waals surface area contributed by atoms with Gasteiger partial charge in [-0.05, 0) is 59.6 Å². The average molecular weight is 451 g/mol. The summed E-state index contributed by atoms with van der Waals surface area (Å²) in [7, 11) is 0. The second kappa shape index (κ2) is 9.03. The Balaban J connectivity index is 1.79. The molecule has 1 aromatic carbocycles. The SMILES string of the molecule is CSc1nnc(NC(=O)CCCOc2cc(C)c(Cl)c(C)c2Br)s1. The highest BCUT2D eigenvalue weighted by Gasteiger charge is 2.12. The van der Waals surface area contributed by atoms with E-state index >= 15 is 0 Å². The van der Waals surface area contributed by atoms with Gasteiger partial charge in [0.15, 0.2) is 4.34 Å². The molecule has 0 atom stereocenters. The number of halogens is 2. The van der Waals surface area contributed by atoms with Crippen LogP contribution in [0.25, 0.3) is 0 Å². The first-order valence-corrected chi connectivity index (χ1v) is 10.4. The van der Waals surface area contributed by atoms with Gasteiger partial charge in [0.2, 0.25) is 11.0 Å². The molecule has 0 spiro atoms. The maximum Gasteiger partial charge on any atom is 0.226 e. The van der Waals surface area contributed by atoms with E-state index in [0.717, 1.165) is 30.7 Å². The second-order valence-corrected chi connectivity index (χ2v) is 8.22. The summed E-state index contributed by atoms with van der Waals surface area (Å²) in [6.07, 6.45) is 2.88. The molecular weight excluding hydrogens is 434 g/mol. The van der Waals surface area contributed by atoms with E-state index < -0.39 is 0 Å². The number of thioether (sulfide) groups is 1. The summed E-state index contributed by atoms with van der Waals surface area (Å²) in [5.41, 5.74) is 1.91. The number of anilines is 1. The lowest BCUT2D eigenvalue weighted by molar-refractivity contribution is -0.116. The largest absolute Gasteiger partial charge is 0.492 e. The molecule has 1 aromatic heterocycles. The molecule has 24 heavy (non-hydrogen) atoms. The van der Waals surface area contributed by atoms with Crippen molar-refractivity contribution < 1.29 is 9.53 Å². The van der Waals surface area contributed by atoms with Crippen LogP contribution >= 0.6 is 50.6 Å². The van der Waals surface area contributed by atoms with E-state index in [0.29, 0.717) is 24.6 Å². The Labute approximate surface area is 162 Å². The van der Waals surface area contributed by atoms with Crippen molar-refractivity contribution in [3.8, 4) is 5.75 Å². The molecule has 2 aromatic rings. The van der Waals surface area contributed by atoms with Crippen LogP contribution in [0.5, 0.6) is 5.75 Å². The third kappa shape index (κ3) is 5.08. The zero-order valence-corrected chi connectivity index (χ0v) is 17.5. The van der Waals surface area contributed by atoms with Crippen LogP contribution in [-0.2, 0) is 4.79 Å². The van der Waals surface area contributed by atoms with E-state index in [-0.39, 0.29) is 5.91 Å². The number of carbonyl (C=O) groups excluding carboxylic acids is 1. The lowest BCUT2D eigenvalue weighted by atomic mass is 10.1. The van der Waals surface area contributed by atoms with E-state index in [2.05, 4.69) is 31.4 Å². The van der Waals surface area contributed by atoms with E-state index in [1.807, 2.05) is 26.2 Å². The Bertz CT molecular complexity index is 740. The van der Waals surface area contributed by atoms with Crippen molar-refractivity contribution in [2.45, 2.75) is 31.0 Å². The van der Waals surface area contributed by atoms with Gasteiger partial charge in [-0.25, -0.2) is 0 Å². The van der Waals surface area contributed by atoms with Gasteiger partial charge in [0.05, 0.1) is 11.1 Å². The van der Waals surface area contributed by atoms with Crippen LogP contribution in [-0.4, -0.2) is 29.0 Å². The average Bonchev–Trinajstić information content (AvgIpc) is 3.01. The number of nitrogens with zero attached hydrogens (tertiary/aromatic N) is 2. The van der Waals surface area contributed by atoms with Gasteiger partial charge < -0.3 is 10.1 Å². The van der Waals surface area contributed by atoms with Crippen molar-refractivity contribution in [2.24, 2.45) is 0 Å². The number of hydrogen-bond donors (Lipinski definition) is 1. The Morgan fingerprint density at radius 1 is 1.46 bits per heavy atom. The highest BCUT2D eigenvalue weighted by atomic mass is 79.9. The molecule has 1 N–H and O–H groups in total. The quantitative estimate of drug-likeness (QED) is 0.361. The van der Waals surface area contributed by atoms with E-state index in [1.54, 1.807) is 0 Å². The predicted octanol–water partition coefficient (Wildman–Crippen LogP) is 5.09. The van der Waals surface area contributed by atoms with Gasteiger partial charge in [-0.3, -0.25) is 4.79 Å². The van der Waals surface area contributed by atoms with Crippen LogP contribution in [0.15, 0.2) is 14.9 Å². The van der Waals surface area contributed by atoms with Gasteiger partial charge in [-0.15, -0.1) is 10.2 Å². The highest BCUT2D eigenvalue weighted by molar-refractivity contribution is 9.10. The molecule has 0 fully saturated rings. The number of aryl methyl sites for hydroxylation is 1. The number of benzene rings is 1. The lowest BCUT2D eigenvalue weighted by Gasteiger charge is -2.13. The van der Waals surface area contributed by atoms with Crippen molar-refractivity contribution in [2.75, 3.05) is 18.2 Å². The molecule has 0 aliphatic carbocycles. The van der Waals surface area contributed by atoms with Gasteiger partial charge in [0.1, 0.15) is 5.75 Å². The third-order valence-corrected chi connectivity index (χ3v) is 6.58. The highest BCUT2D eigenvalue weighted by Crippen LogP contribution is 2.35. The fraction of sp³-hybridized carbons (Fsp3) is 0.400. The normalized spacial score (nSPS) is 10.7. The van der Waals surface area contributed by atoms with Crippen molar-refractivity contribution in [3.05, 3.63) is 26.7 Å². The molecule has 2 rings (SSSR count). The summed E-state index contributed by atoms with van der Waals surface area (Å²) >= 11 is 12.6. The smallest absolute Gasteiger partial charge is 0.226 e. The Kier molecular flexibility index (Phi) is 7.34. The molecule has 0 saturated carbocycles. The summed E-state index contributed by atoms with van der Waals surface area (Å²) in [6.45, 7) is 4.32. The van der Waals surface area contributed by atoms with Gasteiger partial charge >= 0.3 is 0 Å². The summed E-state index contributed by atoms with van der Waals surface area (Å²) in [6, 6.07) is 1.89. The molecule has 0 aliphatic heterocycles. The van der Waals surface area contributed by atoms with Crippen LogP contribution < -0.4 is 10.1 Å². The monoisotopic (exact) mass is 449 g/mol. The molecule has 0 bridgehead atoms. The molecule has 5 nitrogen and oxygen atoms in total. The van der Waals surface area contributed by atoms with Crippen molar-refractivity contribution >= 4 is 61.7 Å². The number of ether oxygens (including phenoxy) is 1. The minimum Gasteiger partial charge on any atom is -0.492 e. The summed E-state index contributed by atoms with van der Waals surface area (Å²) in [5, 5.41) is 11.8. The lowest BCUT2D eigenvalue weighted by Crippen LogP contribution is -2.12.